The molecule has 1 aromatic rings. The van der Waals surface area contributed by atoms with Crippen LogP contribution >= 0.6 is 0 Å². The zero-order chi connectivity index (χ0) is 20.7. The Morgan fingerprint density at radius 1 is 1.21 bits per heavy atom. The van der Waals surface area contributed by atoms with Gasteiger partial charge in [-0.15, -0.1) is 0 Å². The molecule has 0 unspecified atom stereocenters. The van der Waals surface area contributed by atoms with E-state index in [0.717, 1.165) is 25.0 Å². The van der Waals surface area contributed by atoms with E-state index in [0.29, 0.717) is 6.42 Å². The maximum Gasteiger partial charge on any atom is 0.408 e. The summed E-state index contributed by atoms with van der Waals surface area (Å²) in [4.78, 5) is 24.8. The zero-order valence-corrected chi connectivity index (χ0v) is 17.6. The first kappa shape index (κ1) is 22.1. The third kappa shape index (κ3) is 6.73. The van der Waals surface area contributed by atoms with E-state index in [1.807, 2.05) is 37.3 Å². The Bertz CT molecular complexity index is 640. The minimum absolute atomic E-state index is 0.239. The molecule has 0 aromatic heterocycles. The van der Waals surface area contributed by atoms with E-state index in [1.54, 1.807) is 20.8 Å². The third-order valence-corrected chi connectivity index (χ3v) is 4.81. The molecule has 6 nitrogen and oxygen atoms in total. The molecule has 6 heteroatoms. The first-order valence-electron chi connectivity index (χ1n) is 10.1. The zero-order valence-electron chi connectivity index (χ0n) is 17.6. The molecule has 0 spiro atoms. The fraction of sp³-hybridized carbons (Fsp3) is 0.636. The monoisotopic (exact) mass is 391 g/mol. The lowest BCUT2D eigenvalue weighted by atomic mass is 9.90. The summed E-state index contributed by atoms with van der Waals surface area (Å²) >= 11 is 0. The van der Waals surface area contributed by atoms with Crippen LogP contribution < -0.4 is 10.1 Å². The van der Waals surface area contributed by atoms with E-state index in [9.17, 15) is 9.59 Å². The van der Waals surface area contributed by atoms with Gasteiger partial charge in [0.2, 0.25) is 0 Å². The average Bonchev–Trinajstić information content (AvgIpc) is 2.66. The van der Waals surface area contributed by atoms with Gasteiger partial charge >= 0.3 is 12.1 Å². The Morgan fingerprint density at radius 3 is 2.50 bits per heavy atom. The van der Waals surface area contributed by atoms with Gasteiger partial charge in [-0.25, -0.2) is 9.59 Å². The van der Waals surface area contributed by atoms with Gasteiger partial charge in [0.1, 0.15) is 29.6 Å². The van der Waals surface area contributed by atoms with Gasteiger partial charge in [0.25, 0.3) is 0 Å². The van der Waals surface area contributed by atoms with E-state index in [-0.39, 0.29) is 12.0 Å². The molecule has 1 saturated heterocycles. The number of nitrogens with one attached hydrogen (secondary N) is 1. The Balaban J connectivity index is 2.10. The van der Waals surface area contributed by atoms with Crippen LogP contribution in [0.25, 0.3) is 0 Å². The first-order chi connectivity index (χ1) is 13.2. The van der Waals surface area contributed by atoms with Crippen molar-refractivity contribution in [2.75, 3.05) is 0 Å². The molecule has 1 aliphatic heterocycles. The first-order valence-corrected chi connectivity index (χ1v) is 10.1. The Kier molecular flexibility index (Phi) is 7.72. The van der Waals surface area contributed by atoms with Crippen LogP contribution in [0.5, 0.6) is 5.75 Å². The van der Waals surface area contributed by atoms with Crippen molar-refractivity contribution in [3.05, 3.63) is 30.3 Å². The predicted octanol–water partition coefficient (Wildman–Crippen LogP) is 4.47. The SMILES string of the molecule is CC[C@H]1CCC[C@H](NC(=O)OC(C)(C)C)C(=O)O[C@@H](C)[C@@H]1Oc1ccccc1. The van der Waals surface area contributed by atoms with Crippen LogP contribution in [0, 0.1) is 5.92 Å². The molecular formula is C22H33NO5. The third-order valence-electron chi connectivity index (χ3n) is 4.81. The minimum Gasteiger partial charge on any atom is -0.486 e. The molecule has 1 aliphatic rings. The number of carbonyl (C=O) groups excluding carboxylic acids is 2. The number of hydrogen-bond acceptors (Lipinski definition) is 5. The van der Waals surface area contributed by atoms with Crippen LogP contribution in [0.2, 0.25) is 0 Å². The molecule has 0 bridgehead atoms. The van der Waals surface area contributed by atoms with Crippen LogP contribution in [0.3, 0.4) is 0 Å². The van der Waals surface area contributed by atoms with Gasteiger partial charge in [-0.3, -0.25) is 0 Å². The Morgan fingerprint density at radius 2 is 1.89 bits per heavy atom. The van der Waals surface area contributed by atoms with Crippen molar-refractivity contribution in [1.29, 1.82) is 0 Å². The molecule has 0 radical (unpaired) electrons. The summed E-state index contributed by atoms with van der Waals surface area (Å²) in [5, 5.41) is 2.66. The lowest BCUT2D eigenvalue weighted by Crippen LogP contribution is -2.46. The van der Waals surface area contributed by atoms with E-state index < -0.39 is 29.8 Å². The average molecular weight is 392 g/mol. The number of para-hydroxylation sites is 1. The number of carbonyl (C=O) groups is 2. The second-order valence-electron chi connectivity index (χ2n) is 8.34. The molecule has 4 atom stereocenters. The van der Waals surface area contributed by atoms with Crippen LogP contribution in [0.15, 0.2) is 30.3 Å². The van der Waals surface area contributed by atoms with E-state index in [1.165, 1.54) is 0 Å². The maximum atomic E-state index is 12.7. The molecule has 1 heterocycles. The number of esters is 1. The fourth-order valence-electron chi connectivity index (χ4n) is 3.45. The second-order valence-corrected chi connectivity index (χ2v) is 8.34. The standard InChI is InChI=1S/C22H33NO5/c1-6-16-11-10-14-18(23-21(25)28-22(3,4)5)20(24)26-15(2)19(16)27-17-12-8-7-9-13-17/h7-9,12-13,15-16,18-19H,6,10-11,14H2,1-5H3,(H,23,25)/t15-,16-,18-,19-/m0/s1. The molecule has 1 aromatic carbocycles. The topological polar surface area (TPSA) is 73.9 Å². The molecule has 2 rings (SSSR count). The molecule has 0 aliphatic carbocycles. The molecule has 1 N–H and O–H groups in total. The number of hydrogen-bond donors (Lipinski definition) is 1. The van der Waals surface area contributed by atoms with E-state index >= 15 is 0 Å². The van der Waals surface area contributed by atoms with Crippen molar-refractivity contribution in [1.82, 2.24) is 5.32 Å². The van der Waals surface area contributed by atoms with Gasteiger partial charge in [0, 0.05) is 0 Å². The van der Waals surface area contributed by atoms with E-state index in [2.05, 4.69) is 12.2 Å². The quantitative estimate of drug-likeness (QED) is 0.767. The summed E-state index contributed by atoms with van der Waals surface area (Å²) in [5.41, 5.74) is -0.623. The largest absolute Gasteiger partial charge is 0.486 e. The van der Waals surface area contributed by atoms with Crippen molar-refractivity contribution < 1.29 is 23.8 Å². The molecule has 1 fully saturated rings. The molecule has 1 amide bonds. The Labute approximate surface area is 167 Å². The summed E-state index contributed by atoms with van der Waals surface area (Å²) in [6.45, 7) is 9.33. The van der Waals surface area contributed by atoms with E-state index in [4.69, 9.17) is 14.2 Å². The highest BCUT2D eigenvalue weighted by Crippen LogP contribution is 2.28. The summed E-state index contributed by atoms with van der Waals surface area (Å²) in [5.74, 6) is 0.566. The molecule has 28 heavy (non-hydrogen) atoms. The van der Waals surface area contributed by atoms with Crippen molar-refractivity contribution in [3.63, 3.8) is 0 Å². The number of benzene rings is 1. The number of alkyl carbamates (subject to hydrolysis) is 1. The summed E-state index contributed by atoms with van der Waals surface area (Å²) in [6, 6.07) is 8.86. The predicted molar refractivity (Wildman–Crippen MR) is 107 cm³/mol. The lowest BCUT2D eigenvalue weighted by molar-refractivity contribution is -0.156. The number of rotatable bonds is 4. The van der Waals surface area contributed by atoms with Crippen molar-refractivity contribution in [2.45, 2.75) is 84.2 Å². The highest BCUT2D eigenvalue weighted by Gasteiger charge is 2.35. The van der Waals surface area contributed by atoms with Gasteiger partial charge < -0.3 is 19.5 Å². The van der Waals surface area contributed by atoms with Crippen LogP contribution in [-0.4, -0.2) is 35.9 Å². The lowest BCUT2D eigenvalue weighted by Gasteiger charge is -2.31. The van der Waals surface area contributed by atoms with Gasteiger partial charge in [-0.1, -0.05) is 31.5 Å². The van der Waals surface area contributed by atoms with Crippen LogP contribution in [-0.2, 0) is 14.3 Å². The van der Waals surface area contributed by atoms with Gasteiger partial charge in [0.15, 0.2) is 0 Å². The summed E-state index contributed by atoms with van der Waals surface area (Å²) in [7, 11) is 0. The van der Waals surface area contributed by atoms with Crippen molar-refractivity contribution in [3.8, 4) is 5.75 Å². The van der Waals surface area contributed by atoms with Gasteiger partial charge in [0.05, 0.1) is 0 Å². The van der Waals surface area contributed by atoms with Crippen LogP contribution in [0.4, 0.5) is 4.79 Å². The van der Waals surface area contributed by atoms with Crippen LogP contribution in [0.1, 0.15) is 60.3 Å². The second kappa shape index (κ2) is 9.80. The highest BCUT2D eigenvalue weighted by atomic mass is 16.6. The Hall–Kier alpha value is -2.24. The van der Waals surface area contributed by atoms with Crippen molar-refractivity contribution >= 4 is 12.1 Å². The maximum absolute atomic E-state index is 12.7. The smallest absolute Gasteiger partial charge is 0.408 e. The number of ether oxygens (including phenoxy) is 3. The number of cyclic esters (lactones) is 1. The molecular weight excluding hydrogens is 358 g/mol. The number of amides is 1. The highest BCUT2D eigenvalue weighted by molar-refractivity contribution is 5.81. The minimum atomic E-state index is -0.717. The fourth-order valence-corrected chi connectivity index (χ4v) is 3.45. The normalized spacial score (nSPS) is 26.2. The summed E-state index contributed by atoms with van der Waals surface area (Å²) < 4.78 is 17.2. The molecule has 0 saturated carbocycles. The summed E-state index contributed by atoms with van der Waals surface area (Å²) in [6.07, 6.45) is 1.83. The van der Waals surface area contributed by atoms with Gasteiger partial charge in [-0.2, -0.15) is 0 Å². The van der Waals surface area contributed by atoms with Gasteiger partial charge in [-0.05, 0) is 65.0 Å². The van der Waals surface area contributed by atoms with Crippen molar-refractivity contribution in [2.24, 2.45) is 5.92 Å². The molecule has 156 valence electrons.